The maximum Gasteiger partial charge on any atom is 0.0794 e. The molecule has 0 heterocycles. The smallest absolute Gasteiger partial charge is 0.0794 e. The second-order valence-corrected chi connectivity index (χ2v) is 7.98. The fourth-order valence-electron chi connectivity index (χ4n) is 3.79. The third-order valence-electron chi connectivity index (χ3n) is 5.89. The van der Waals surface area contributed by atoms with Crippen LogP contribution < -0.4 is 0 Å². The molecule has 1 atom stereocenters. The Morgan fingerprint density at radius 2 is 2.04 bits per heavy atom. The van der Waals surface area contributed by atoms with Gasteiger partial charge in [0.15, 0.2) is 0 Å². The topological polar surface area (TPSA) is 12.5 Å². The highest BCUT2D eigenvalue weighted by Gasteiger charge is 2.23. The van der Waals surface area contributed by atoms with Gasteiger partial charge in [-0.1, -0.05) is 64.3 Å². The van der Waals surface area contributed by atoms with E-state index in [0.29, 0.717) is 0 Å². The van der Waals surface area contributed by atoms with Crippen LogP contribution in [0.5, 0.6) is 0 Å². The van der Waals surface area contributed by atoms with Crippen LogP contribution in [-0.4, -0.2) is 36.7 Å². The third kappa shape index (κ3) is 5.60. The van der Waals surface area contributed by atoms with Gasteiger partial charge in [0, 0.05) is 19.1 Å². The Balaban J connectivity index is 1.75. The average molecular weight is 332 g/mol. The third-order valence-corrected chi connectivity index (χ3v) is 5.89. The van der Waals surface area contributed by atoms with Crippen molar-refractivity contribution in [3.05, 3.63) is 36.5 Å². The summed E-state index contributed by atoms with van der Waals surface area (Å²) in [6.45, 7) is 13.7. The van der Waals surface area contributed by atoms with Gasteiger partial charge in [-0.3, -0.25) is 4.90 Å². The van der Waals surface area contributed by atoms with Crippen LogP contribution in [0.3, 0.4) is 0 Å². The van der Waals surface area contributed by atoms with Crippen molar-refractivity contribution in [3.63, 3.8) is 0 Å². The Hall–Kier alpha value is -0.860. The molecule has 0 spiro atoms. The van der Waals surface area contributed by atoms with E-state index in [2.05, 4.69) is 50.5 Å². The molecule has 0 aromatic heterocycles. The van der Waals surface area contributed by atoms with E-state index < -0.39 is 0 Å². The van der Waals surface area contributed by atoms with Crippen molar-refractivity contribution < 1.29 is 4.74 Å². The van der Waals surface area contributed by atoms with Crippen molar-refractivity contribution in [2.45, 2.75) is 77.9 Å². The molecular formula is C22H37NO. The van der Waals surface area contributed by atoms with E-state index in [4.69, 9.17) is 4.74 Å². The first-order chi connectivity index (χ1) is 11.6. The Morgan fingerprint density at radius 3 is 2.62 bits per heavy atom. The fraction of sp³-hybridized carbons (Fsp3) is 0.727. The Kier molecular flexibility index (Phi) is 7.77. The minimum atomic E-state index is 0.248. The van der Waals surface area contributed by atoms with Crippen LogP contribution in [0.2, 0.25) is 0 Å². The van der Waals surface area contributed by atoms with E-state index in [-0.39, 0.29) is 11.5 Å². The SMILES string of the molecule is C=CCN(CCOC1C=CC(C(C)(C)CC)=CC1)C1CCCCC1. The monoisotopic (exact) mass is 331 g/mol. The average Bonchev–Trinajstić information content (AvgIpc) is 2.62. The van der Waals surface area contributed by atoms with Crippen LogP contribution in [0, 0.1) is 5.41 Å². The maximum absolute atomic E-state index is 6.14. The van der Waals surface area contributed by atoms with Crippen molar-refractivity contribution in [1.82, 2.24) is 4.90 Å². The molecule has 0 bridgehead atoms. The molecule has 0 saturated heterocycles. The molecule has 1 fully saturated rings. The van der Waals surface area contributed by atoms with E-state index >= 15 is 0 Å². The van der Waals surface area contributed by atoms with Crippen LogP contribution >= 0.6 is 0 Å². The molecule has 1 saturated carbocycles. The van der Waals surface area contributed by atoms with Gasteiger partial charge < -0.3 is 4.74 Å². The van der Waals surface area contributed by atoms with Crippen LogP contribution in [0.4, 0.5) is 0 Å². The summed E-state index contributed by atoms with van der Waals surface area (Å²) in [7, 11) is 0. The van der Waals surface area contributed by atoms with Crippen LogP contribution in [0.15, 0.2) is 36.5 Å². The summed E-state index contributed by atoms with van der Waals surface area (Å²) in [5.41, 5.74) is 1.74. The number of hydrogen-bond acceptors (Lipinski definition) is 2. The predicted molar refractivity (Wildman–Crippen MR) is 104 cm³/mol. The first kappa shape index (κ1) is 19.5. The molecule has 2 rings (SSSR count). The van der Waals surface area contributed by atoms with E-state index in [1.165, 1.54) is 44.1 Å². The molecule has 136 valence electrons. The first-order valence-electron chi connectivity index (χ1n) is 9.92. The summed E-state index contributed by atoms with van der Waals surface area (Å²) < 4.78 is 6.14. The second-order valence-electron chi connectivity index (χ2n) is 7.98. The van der Waals surface area contributed by atoms with E-state index in [0.717, 1.165) is 32.2 Å². The lowest BCUT2D eigenvalue weighted by Crippen LogP contribution is -2.39. The predicted octanol–water partition coefficient (Wildman–Crippen LogP) is 5.51. The molecule has 24 heavy (non-hydrogen) atoms. The highest BCUT2D eigenvalue weighted by atomic mass is 16.5. The van der Waals surface area contributed by atoms with E-state index in [1.807, 2.05) is 6.08 Å². The number of nitrogens with zero attached hydrogens (tertiary/aromatic N) is 1. The maximum atomic E-state index is 6.14. The molecule has 0 aliphatic heterocycles. The minimum absolute atomic E-state index is 0.248. The van der Waals surface area contributed by atoms with Crippen molar-refractivity contribution in [2.75, 3.05) is 19.7 Å². The highest BCUT2D eigenvalue weighted by Crippen LogP contribution is 2.33. The van der Waals surface area contributed by atoms with Gasteiger partial charge in [0.2, 0.25) is 0 Å². The summed E-state index contributed by atoms with van der Waals surface area (Å²) in [6, 6.07) is 0.735. The minimum Gasteiger partial charge on any atom is -0.372 e. The van der Waals surface area contributed by atoms with Crippen LogP contribution in [0.1, 0.15) is 65.7 Å². The van der Waals surface area contributed by atoms with Crippen LogP contribution in [-0.2, 0) is 4.74 Å². The molecule has 2 aliphatic carbocycles. The van der Waals surface area contributed by atoms with Crippen molar-refractivity contribution in [1.29, 1.82) is 0 Å². The summed E-state index contributed by atoms with van der Waals surface area (Å²) in [5.74, 6) is 0. The van der Waals surface area contributed by atoms with Gasteiger partial charge in [0.05, 0.1) is 12.7 Å². The normalized spacial score (nSPS) is 22.7. The zero-order valence-electron chi connectivity index (χ0n) is 16.1. The largest absolute Gasteiger partial charge is 0.372 e. The summed E-state index contributed by atoms with van der Waals surface area (Å²) in [5, 5.41) is 0. The van der Waals surface area contributed by atoms with Gasteiger partial charge in [0.1, 0.15) is 0 Å². The number of hydrogen-bond donors (Lipinski definition) is 0. The summed E-state index contributed by atoms with van der Waals surface area (Å²) in [6.07, 6.45) is 18.2. The van der Waals surface area contributed by atoms with Gasteiger partial charge in [-0.15, -0.1) is 6.58 Å². The molecule has 0 amide bonds. The lowest BCUT2D eigenvalue weighted by atomic mass is 9.79. The fourth-order valence-corrected chi connectivity index (χ4v) is 3.79. The highest BCUT2D eigenvalue weighted by molar-refractivity contribution is 5.29. The Bertz CT molecular complexity index is 443. The summed E-state index contributed by atoms with van der Waals surface area (Å²) in [4.78, 5) is 2.57. The molecule has 2 heteroatoms. The first-order valence-corrected chi connectivity index (χ1v) is 9.92. The van der Waals surface area contributed by atoms with Gasteiger partial charge in [0.25, 0.3) is 0 Å². The standard InChI is InChI=1S/C22H37NO/c1-5-16-23(20-10-8-7-9-11-20)17-18-24-21-14-12-19(13-15-21)22(3,4)6-2/h5,12-14,20-21H,1,6-11,15-18H2,2-4H3. The quantitative estimate of drug-likeness (QED) is 0.516. The number of rotatable bonds is 9. The van der Waals surface area contributed by atoms with E-state index in [9.17, 15) is 0 Å². The Labute approximate surface area is 149 Å². The van der Waals surface area contributed by atoms with Crippen molar-refractivity contribution in [3.8, 4) is 0 Å². The molecular weight excluding hydrogens is 294 g/mol. The number of ether oxygens (including phenoxy) is 1. The molecule has 0 aromatic carbocycles. The van der Waals surface area contributed by atoms with Gasteiger partial charge in [-0.25, -0.2) is 0 Å². The second kappa shape index (κ2) is 9.58. The van der Waals surface area contributed by atoms with Gasteiger partial charge in [-0.05, 0) is 36.7 Å². The molecule has 1 unspecified atom stereocenters. The number of allylic oxidation sites excluding steroid dienone is 2. The Morgan fingerprint density at radius 1 is 1.29 bits per heavy atom. The van der Waals surface area contributed by atoms with Crippen molar-refractivity contribution >= 4 is 0 Å². The lowest BCUT2D eigenvalue weighted by molar-refractivity contribution is 0.0520. The zero-order chi connectivity index (χ0) is 17.4. The molecule has 0 N–H and O–H groups in total. The van der Waals surface area contributed by atoms with E-state index in [1.54, 1.807) is 0 Å². The molecule has 0 aromatic rings. The lowest BCUT2D eigenvalue weighted by Gasteiger charge is -2.34. The molecule has 0 radical (unpaired) electrons. The molecule has 2 nitrogen and oxygen atoms in total. The molecule has 2 aliphatic rings. The van der Waals surface area contributed by atoms with Gasteiger partial charge in [-0.2, -0.15) is 0 Å². The summed E-state index contributed by atoms with van der Waals surface area (Å²) >= 11 is 0. The van der Waals surface area contributed by atoms with Crippen LogP contribution in [0.25, 0.3) is 0 Å². The zero-order valence-corrected chi connectivity index (χ0v) is 16.1. The van der Waals surface area contributed by atoms with Crippen molar-refractivity contribution in [2.24, 2.45) is 5.41 Å². The van der Waals surface area contributed by atoms with Gasteiger partial charge >= 0.3 is 0 Å².